The molecular weight excluding hydrogens is 1330 g/mol. The van der Waals surface area contributed by atoms with Crippen LogP contribution in [0.4, 0.5) is 0 Å². The number of hydrogen-bond acceptors (Lipinski definition) is 32. The van der Waals surface area contributed by atoms with Gasteiger partial charge in [0.15, 0.2) is 0 Å². The third-order valence-electron chi connectivity index (χ3n) is 6.13. The molecule has 0 nitrogen and oxygen atoms in total. The minimum atomic E-state index is -0.209. The maximum Gasteiger partial charge on any atom is 0.112 e. The highest BCUT2D eigenvalue weighted by Crippen LogP contribution is 2.65. The van der Waals surface area contributed by atoms with Crippen molar-refractivity contribution in [1.82, 2.24) is 0 Å². The third-order valence-corrected chi connectivity index (χ3v) is 37.7. The maximum atomic E-state index is 4.94. The normalized spacial score (nSPS) is 15.6. The van der Waals surface area contributed by atoms with Crippen molar-refractivity contribution in [2.45, 2.75) is 49.9 Å². The molecule has 0 aromatic heterocycles. The molecule has 0 N–H and O–H groups in total. The molecule has 0 fully saturated rings. The Bertz CT molecular complexity index is 889. The van der Waals surface area contributed by atoms with Gasteiger partial charge >= 0.3 is 0 Å². The largest absolute Gasteiger partial charge is 0.168 e. The van der Waals surface area contributed by atoms with E-state index in [-0.39, 0.29) is 26.1 Å². The van der Waals surface area contributed by atoms with Crippen molar-refractivity contribution >= 4 is 389 Å². The molecule has 0 aromatic carbocycles. The van der Waals surface area contributed by atoms with Gasteiger partial charge in [0.25, 0.3) is 0 Å². The van der Waals surface area contributed by atoms with Gasteiger partial charge in [-0.05, 0) is 0 Å². The van der Waals surface area contributed by atoms with E-state index in [1.807, 2.05) is 176 Å². The monoisotopic (exact) mass is 1380 g/mol. The van der Waals surface area contributed by atoms with Crippen LogP contribution >= 0.6 is 389 Å². The molecule has 57 heavy (non-hydrogen) atoms. The first-order valence-corrected chi connectivity index (χ1v) is 42.0. The quantitative estimate of drug-likeness (QED) is 0.0207. The molecule has 0 rings (SSSR count). The zero-order valence-corrected chi connectivity index (χ0v) is 57.2. The summed E-state index contributed by atoms with van der Waals surface area (Å²) in [6, 6.07) is 0. The lowest BCUT2D eigenvalue weighted by Gasteiger charge is -2.42. The molecule has 0 saturated carbocycles. The average Bonchev–Trinajstić information content (AvgIpc) is 3.13. The summed E-state index contributed by atoms with van der Waals surface area (Å²) in [5.74, 6) is 0. The van der Waals surface area contributed by atoms with Crippen molar-refractivity contribution in [2.75, 3.05) is 71.2 Å². The Morgan fingerprint density at radius 1 is 0.333 bits per heavy atom. The fourth-order valence-corrected chi connectivity index (χ4v) is 47.9. The molecule has 0 aliphatic carbocycles. The van der Waals surface area contributed by atoms with Crippen LogP contribution in [-0.2, 0) is 0 Å². The average molecular weight is 1380 g/mol. The molecule has 0 aromatic rings. The highest BCUT2D eigenvalue weighted by atomic mass is 32.3. The van der Waals surface area contributed by atoms with Crippen LogP contribution in [0.1, 0.15) is 19.3 Å². The predicted molar refractivity (Wildman–Crippen MR) is 371 cm³/mol. The van der Waals surface area contributed by atoms with Crippen LogP contribution in [0.3, 0.4) is 0 Å². The smallest absolute Gasteiger partial charge is 0.112 e. The summed E-state index contributed by atoms with van der Waals surface area (Å²) >= 11 is 101. The van der Waals surface area contributed by atoms with Gasteiger partial charge in [0.1, 0.15) is 13.6 Å². The lowest BCUT2D eigenvalue weighted by molar-refractivity contribution is 0.948. The van der Waals surface area contributed by atoms with E-state index in [2.05, 4.69) is 99.3 Å². The van der Waals surface area contributed by atoms with Gasteiger partial charge in [-0.25, -0.2) is 0 Å². The molecular formula is C25H52S32. The van der Waals surface area contributed by atoms with Crippen molar-refractivity contribution in [1.29, 1.82) is 0 Å². The van der Waals surface area contributed by atoms with Gasteiger partial charge in [-0.2, -0.15) is 177 Å². The summed E-state index contributed by atoms with van der Waals surface area (Å²) in [5.41, 5.74) is 0. The Morgan fingerprint density at radius 2 is 0.667 bits per heavy atom. The van der Waals surface area contributed by atoms with Crippen molar-refractivity contribution in [3.63, 3.8) is 0 Å². The highest BCUT2D eigenvalue weighted by Gasteiger charge is 2.46. The summed E-state index contributed by atoms with van der Waals surface area (Å²) in [7, 11) is 0. The minimum absolute atomic E-state index is 0.0908. The Hall–Kier alpha value is 11.2. The Balaban J connectivity index is 7.05. The van der Waals surface area contributed by atoms with E-state index in [1.165, 1.54) is 0 Å². The Kier molecular flexibility index (Phi) is 52.1. The molecule has 32 heteroatoms. The number of thiol groups is 14. The fraction of sp³-hybridized carbons (Fsp3) is 1.00. The second-order valence-electron chi connectivity index (χ2n) is 9.22. The maximum absolute atomic E-state index is 4.94. The van der Waals surface area contributed by atoms with Crippen molar-refractivity contribution in [2.24, 2.45) is 0 Å². The molecule has 0 aliphatic heterocycles. The van der Waals surface area contributed by atoms with Gasteiger partial charge < -0.3 is 0 Å². The molecule has 0 radical (unpaired) electrons. The zero-order chi connectivity index (χ0) is 43.1. The van der Waals surface area contributed by atoms with Crippen LogP contribution in [0.15, 0.2) is 0 Å². The summed E-state index contributed by atoms with van der Waals surface area (Å²) in [4.78, 5) is 0. The molecule has 0 aliphatic rings. The third kappa shape index (κ3) is 30.9. The van der Waals surface area contributed by atoms with Crippen molar-refractivity contribution < 1.29 is 0 Å². The lowest BCUT2D eigenvalue weighted by atomic mass is 10.5. The van der Waals surface area contributed by atoms with Gasteiger partial charge in [-0.15, -0.1) is 212 Å². The molecule has 0 amide bonds. The molecule has 0 spiro atoms. The molecule has 344 valence electrons. The van der Waals surface area contributed by atoms with Crippen LogP contribution in [0.25, 0.3) is 0 Å². The molecule has 4 unspecified atom stereocenters. The van der Waals surface area contributed by atoms with E-state index in [0.29, 0.717) is 35.1 Å². The van der Waals surface area contributed by atoms with Gasteiger partial charge in [0.05, 0.1) is 17.0 Å². The van der Waals surface area contributed by atoms with E-state index in [0.717, 1.165) is 59.9 Å². The topological polar surface area (TPSA) is 0 Å². The first kappa shape index (κ1) is 68.2. The summed E-state index contributed by atoms with van der Waals surface area (Å²) in [6.45, 7) is 0. The van der Waals surface area contributed by atoms with Gasteiger partial charge in [0.2, 0.25) is 0 Å². The Morgan fingerprint density at radius 3 is 1.07 bits per heavy atom. The molecule has 4 atom stereocenters. The number of hydrogen-bond donors (Lipinski definition) is 14. The second-order valence-corrected chi connectivity index (χ2v) is 48.0. The lowest BCUT2D eigenvalue weighted by Crippen LogP contribution is -2.30. The first-order chi connectivity index (χ1) is 27.4. The summed E-state index contributed by atoms with van der Waals surface area (Å²) in [5, 5.41) is 10.3. The summed E-state index contributed by atoms with van der Waals surface area (Å²) < 4.78 is 0.179. The predicted octanol–water partition coefficient (Wildman–Crippen LogP) is 17.6. The SMILES string of the molecule is SCSC(S)SC(CC(SCS)SC(SCS)SC(CC(SCS)SCS)(SCS)SCSC(CC(SCS)(SCS)SCS)(SCS)SCS)(SCS)SCS. The van der Waals surface area contributed by atoms with Crippen LogP contribution < -0.4 is 0 Å². The van der Waals surface area contributed by atoms with E-state index < -0.39 is 0 Å². The highest BCUT2D eigenvalue weighted by molar-refractivity contribution is 8.47. The van der Waals surface area contributed by atoms with Crippen LogP contribution in [0.5, 0.6) is 0 Å². The van der Waals surface area contributed by atoms with Crippen LogP contribution in [0, 0.1) is 0 Å². The van der Waals surface area contributed by atoms with Crippen LogP contribution in [-0.4, -0.2) is 102 Å². The van der Waals surface area contributed by atoms with Crippen molar-refractivity contribution in [3.8, 4) is 0 Å². The van der Waals surface area contributed by atoms with Gasteiger partial charge in [-0.1, -0.05) is 0 Å². The van der Waals surface area contributed by atoms with Gasteiger partial charge in [0, 0.05) is 90.5 Å². The number of thioether (sulfide) groups is 18. The van der Waals surface area contributed by atoms with Crippen molar-refractivity contribution in [3.05, 3.63) is 0 Å². The van der Waals surface area contributed by atoms with E-state index >= 15 is 0 Å². The van der Waals surface area contributed by atoms with E-state index in [4.69, 9.17) is 101 Å². The summed E-state index contributed by atoms with van der Waals surface area (Å²) in [6.07, 6.45) is 2.82. The first-order valence-electron chi connectivity index (χ1n) is 15.5. The zero-order valence-electron chi connectivity index (χ0n) is 29.9. The Labute approximate surface area is 500 Å². The second kappa shape index (κ2) is 43.6. The minimum Gasteiger partial charge on any atom is -0.168 e. The van der Waals surface area contributed by atoms with E-state index in [1.54, 1.807) is 11.8 Å². The molecule has 0 heterocycles. The van der Waals surface area contributed by atoms with Gasteiger partial charge in [-0.3, -0.25) is 0 Å². The molecule has 0 saturated heterocycles. The van der Waals surface area contributed by atoms with E-state index in [9.17, 15) is 0 Å². The fourth-order valence-electron chi connectivity index (χ4n) is 4.02. The molecule has 0 bridgehead atoms. The van der Waals surface area contributed by atoms with Crippen LogP contribution in [0.2, 0.25) is 0 Å². The standard InChI is InChI=1S/C25H52S32/c26-4-40-18(41-5-27)1-23(47-11-33,53-17-54-25(51-15-37,52-16-38)3-24(48-12-34,49-13-35)50-14-36)57-21(44-8-30)55-19(42-6-28)2-22(45-9-31,46-10-32)56-20(39)43-7-29/h18-21,26-39H,1-17H2. The number of rotatable bonds is 42.